The van der Waals surface area contributed by atoms with E-state index in [-0.39, 0.29) is 13.0 Å². The molecule has 2 N–H and O–H groups in total. The van der Waals surface area contributed by atoms with Crippen molar-refractivity contribution in [2.45, 2.75) is 180 Å². The zero-order chi connectivity index (χ0) is 35.0. The van der Waals surface area contributed by atoms with E-state index in [0.29, 0.717) is 18.6 Å². The van der Waals surface area contributed by atoms with E-state index in [1.54, 1.807) is 6.26 Å². The first-order valence-electron chi connectivity index (χ1n) is 19.1. The molecule has 0 saturated carbocycles. The fourth-order valence-corrected chi connectivity index (χ4v) is 5.79. The summed E-state index contributed by atoms with van der Waals surface area (Å²) in [5.74, 6) is -0.442. The van der Waals surface area contributed by atoms with Crippen LogP contribution in [0.25, 0.3) is 0 Å². The SMILES string of the molecule is CCCCCCCCCCCCCC/C=C/OC[C@H](COP(=O)(O)O)OC(=O)CCC/C=C\C/C=C\C/C=C\CC1OC1CCCCC. The number of allylic oxidation sites excluding steroid dienone is 6. The molecule has 1 heterocycles. The van der Waals surface area contributed by atoms with E-state index < -0.39 is 26.5 Å². The summed E-state index contributed by atoms with van der Waals surface area (Å²) < 4.78 is 32.3. The van der Waals surface area contributed by atoms with Gasteiger partial charge in [-0.15, -0.1) is 0 Å². The Morgan fingerprint density at radius 1 is 0.688 bits per heavy atom. The lowest BCUT2D eigenvalue weighted by molar-refractivity contribution is -0.153. The number of rotatable bonds is 34. The molecule has 1 aliphatic heterocycles. The van der Waals surface area contributed by atoms with Crippen molar-refractivity contribution in [2.24, 2.45) is 0 Å². The van der Waals surface area contributed by atoms with Crippen molar-refractivity contribution >= 4 is 13.8 Å². The fourth-order valence-electron chi connectivity index (χ4n) is 5.43. The molecule has 48 heavy (non-hydrogen) atoms. The third-order valence-corrected chi connectivity index (χ3v) is 8.86. The molecule has 1 rings (SSSR count). The minimum atomic E-state index is -4.68. The number of phosphoric acid groups is 1. The number of carbonyl (C=O) groups is 1. The second-order valence-electron chi connectivity index (χ2n) is 13.0. The van der Waals surface area contributed by atoms with E-state index >= 15 is 0 Å². The average molecular weight is 697 g/mol. The Hall–Kier alpha value is -1.70. The highest BCUT2D eigenvalue weighted by molar-refractivity contribution is 7.46. The summed E-state index contributed by atoms with van der Waals surface area (Å²) in [7, 11) is -4.68. The summed E-state index contributed by atoms with van der Waals surface area (Å²) in [5, 5.41) is 0. The maximum atomic E-state index is 12.3. The first kappa shape index (κ1) is 44.3. The molecular weight excluding hydrogens is 627 g/mol. The number of phosphoric ester groups is 1. The highest BCUT2D eigenvalue weighted by Crippen LogP contribution is 2.36. The van der Waals surface area contributed by atoms with E-state index in [4.69, 9.17) is 24.0 Å². The van der Waals surface area contributed by atoms with Gasteiger partial charge in [0.05, 0.1) is 25.1 Å². The number of hydrogen-bond donors (Lipinski definition) is 2. The van der Waals surface area contributed by atoms with Crippen LogP contribution in [0.4, 0.5) is 0 Å². The van der Waals surface area contributed by atoms with Crippen LogP contribution in [0.2, 0.25) is 0 Å². The van der Waals surface area contributed by atoms with Crippen molar-refractivity contribution in [3.8, 4) is 0 Å². The molecule has 2 unspecified atom stereocenters. The number of hydrogen-bond acceptors (Lipinski definition) is 6. The summed E-state index contributed by atoms with van der Waals surface area (Å²) in [4.78, 5) is 30.5. The third-order valence-electron chi connectivity index (χ3n) is 8.37. The molecule has 0 aliphatic carbocycles. The molecule has 0 bridgehead atoms. The van der Waals surface area contributed by atoms with Crippen LogP contribution in [0.5, 0.6) is 0 Å². The lowest BCUT2D eigenvalue weighted by Crippen LogP contribution is -2.27. The molecule has 0 radical (unpaired) electrons. The Bertz CT molecular complexity index is 925. The zero-order valence-electron chi connectivity index (χ0n) is 30.3. The van der Waals surface area contributed by atoms with E-state index in [1.807, 2.05) is 6.08 Å². The number of esters is 1. The van der Waals surface area contributed by atoms with Gasteiger partial charge < -0.3 is 24.0 Å². The quantitative estimate of drug-likeness (QED) is 0.0171. The van der Waals surface area contributed by atoms with Crippen LogP contribution in [0.3, 0.4) is 0 Å². The zero-order valence-corrected chi connectivity index (χ0v) is 31.2. The van der Waals surface area contributed by atoms with Gasteiger partial charge in [-0.3, -0.25) is 9.32 Å². The van der Waals surface area contributed by atoms with Gasteiger partial charge in [0.15, 0.2) is 6.10 Å². The van der Waals surface area contributed by atoms with Crippen LogP contribution in [-0.2, 0) is 28.1 Å². The molecule has 0 spiro atoms. The van der Waals surface area contributed by atoms with E-state index in [1.165, 1.54) is 96.3 Å². The number of unbranched alkanes of at least 4 members (excludes halogenated alkanes) is 15. The molecule has 0 amide bonds. The van der Waals surface area contributed by atoms with Gasteiger partial charge in [0.1, 0.15) is 6.61 Å². The van der Waals surface area contributed by atoms with Gasteiger partial charge in [0.25, 0.3) is 0 Å². The van der Waals surface area contributed by atoms with Crippen molar-refractivity contribution < 1.29 is 37.9 Å². The lowest BCUT2D eigenvalue weighted by atomic mass is 10.0. The second-order valence-corrected chi connectivity index (χ2v) is 14.2. The monoisotopic (exact) mass is 696 g/mol. The van der Waals surface area contributed by atoms with Crippen LogP contribution in [0.1, 0.15) is 162 Å². The van der Waals surface area contributed by atoms with Crippen LogP contribution >= 0.6 is 7.82 Å². The van der Waals surface area contributed by atoms with Crippen LogP contribution in [-0.4, -0.2) is 47.3 Å². The Morgan fingerprint density at radius 3 is 1.90 bits per heavy atom. The molecule has 278 valence electrons. The summed E-state index contributed by atoms with van der Waals surface area (Å²) >= 11 is 0. The summed E-state index contributed by atoms with van der Waals surface area (Å²) in [5.41, 5.74) is 0. The van der Waals surface area contributed by atoms with Crippen LogP contribution < -0.4 is 0 Å². The fraction of sp³-hybridized carbons (Fsp3) is 0.769. The van der Waals surface area contributed by atoms with E-state index in [2.05, 4.69) is 54.8 Å². The first-order valence-corrected chi connectivity index (χ1v) is 20.6. The minimum absolute atomic E-state index is 0.0317. The number of carbonyl (C=O) groups excluding carboxylic acids is 1. The van der Waals surface area contributed by atoms with Crippen molar-refractivity contribution in [3.05, 3.63) is 48.8 Å². The highest BCUT2D eigenvalue weighted by Gasteiger charge is 2.36. The maximum absolute atomic E-state index is 12.3. The average Bonchev–Trinajstić information content (AvgIpc) is 3.81. The van der Waals surface area contributed by atoms with Gasteiger partial charge in [-0.05, 0) is 57.4 Å². The molecule has 8 nitrogen and oxygen atoms in total. The summed E-state index contributed by atoms with van der Waals surface area (Å²) in [6.07, 6.45) is 42.3. The Morgan fingerprint density at radius 2 is 1.25 bits per heavy atom. The Labute approximate surface area is 293 Å². The molecule has 9 heteroatoms. The molecule has 0 aromatic rings. The molecule has 1 saturated heterocycles. The predicted molar refractivity (Wildman–Crippen MR) is 197 cm³/mol. The number of ether oxygens (including phenoxy) is 3. The van der Waals surface area contributed by atoms with Gasteiger partial charge in [0.2, 0.25) is 0 Å². The Kier molecular flexibility index (Phi) is 28.9. The van der Waals surface area contributed by atoms with Crippen LogP contribution in [0.15, 0.2) is 48.8 Å². The summed E-state index contributed by atoms with van der Waals surface area (Å²) in [6, 6.07) is 0. The molecule has 0 aromatic carbocycles. The largest absolute Gasteiger partial charge is 0.498 e. The molecule has 3 atom stereocenters. The smallest absolute Gasteiger partial charge is 0.469 e. The second kappa shape index (κ2) is 31.3. The highest BCUT2D eigenvalue weighted by atomic mass is 31.2. The van der Waals surface area contributed by atoms with Gasteiger partial charge in [-0.25, -0.2) is 4.57 Å². The predicted octanol–water partition coefficient (Wildman–Crippen LogP) is 11.0. The van der Waals surface area contributed by atoms with Gasteiger partial charge in [0, 0.05) is 6.42 Å². The molecular formula is C39H69O8P. The van der Waals surface area contributed by atoms with Crippen molar-refractivity contribution in [3.63, 3.8) is 0 Å². The molecule has 1 fully saturated rings. The van der Waals surface area contributed by atoms with Gasteiger partial charge in [-0.2, -0.15) is 0 Å². The number of epoxide rings is 1. The lowest BCUT2D eigenvalue weighted by Gasteiger charge is -2.17. The minimum Gasteiger partial charge on any atom is -0.498 e. The van der Waals surface area contributed by atoms with Gasteiger partial charge >= 0.3 is 13.8 Å². The molecule has 1 aliphatic rings. The van der Waals surface area contributed by atoms with Gasteiger partial charge in [-0.1, -0.05) is 140 Å². The maximum Gasteiger partial charge on any atom is 0.469 e. The van der Waals surface area contributed by atoms with Crippen molar-refractivity contribution in [2.75, 3.05) is 13.2 Å². The normalized spacial score (nSPS) is 17.3. The topological polar surface area (TPSA) is 115 Å². The van der Waals surface area contributed by atoms with Crippen molar-refractivity contribution in [1.82, 2.24) is 0 Å². The van der Waals surface area contributed by atoms with Crippen molar-refractivity contribution in [1.29, 1.82) is 0 Å². The standard InChI is InChI=1S/C39H69O8P/c1-3-5-7-8-9-10-11-12-13-16-19-22-25-29-33-44-34-36(35-45-48(41,42)43)46-39(40)32-28-24-21-18-15-14-17-20-23-27-31-38-37(47-38)30-26-6-4-2/h14,17-18,21,23,27,29,33,36-38H,3-13,15-16,19-20,22,24-26,28,30-32,34-35H2,1-2H3,(H2,41,42,43)/b17-14-,21-18-,27-23-,33-29+/t36-,37?,38?/m1/s1. The third kappa shape index (κ3) is 30.4. The molecule has 0 aromatic heterocycles. The summed E-state index contributed by atoms with van der Waals surface area (Å²) in [6.45, 7) is 4.02. The van der Waals surface area contributed by atoms with E-state index in [9.17, 15) is 9.36 Å². The first-order chi connectivity index (χ1) is 23.4. The Balaban J connectivity index is 2.10. The van der Waals surface area contributed by atoms with Crippen LogP contribution in [0, 0.1) is 0 Å². The van der Waals surface area contributed by atoms with E-state index in [0.717, 1.165) is 38.5 Å².